The molecule has 6 heteroatoms. The topological polar surface area (TPSA) is 85.2 Å². The number of anilines is 1. The number of carbonyl (C=O) groups is 2. The number of hydrogen-bond acceptors (Lipinski definition) is 3. The smallest absolute Gasteiger partial charge is 0.319 e. The predicted molar refractivity (Wildman–Crippen MR) is 103 cm³/mol. The highest BCUT2D eigenvalue weighted by Gasteiger charge is 2.29. The van der Waals surface area contributed by atoms with E-state index >= 15 is 0 Å². The van der Waals surface area contributed by atoms with E-state index in [1.54, 1.807) is 24.3 Å². The first-order valence-corrected chi connectivity index (χ1v) is 9.01. The Bertz CT molecular complexity index is 828. The summed E-state index contributed by atoms with van der Waals surface area (Å²) in [7, 11) is 0. The summed E-state index contributed by atoms with van der Waals surface area (Å²) >= 11 is 0. The van der Waals surface area contributed by atoms with Crippen molar-refractivity contribution < 1.29 is 9.59 Å². The SMILES string of the molecule is N#Cc1ccc(NC(=O)NC[C@H]2CC(=O)N(CCc3ccccc3)C2)cc1. The number of urea groups is 1. The summed E-state index contributed by atoms with van der Waals surface area (Å²) in [6, 6.07) is 18.5. The zero-order valence-electron chi connectivity index (χ0n) is 15.0. The minimum absolute atomic E-state index is 0.125. The van der Waals surface area contributed by atoms with Crippen molar-refractivity contribution in [3.63, 3.8) is 0 Å². The van der Waals surface area contributed by atoms with E-state index in [4.69, 9.17) is 5.26 Å². The molecule has 3 amide bonds. The van der Waals surface area contributed by atoms with Crippen LogP contribution in [0.5, 0.6) is 0 Å². The van der Waals surface area contributed by atoms with E-state index in [0.29, 0.717) is 37.3 Å². The van der Waals surface area contributed by atoms with Crippen LogP contribution in [0.15, 0.2) is 54.6 Å². The number of nitriles is 1. The summed E-state index contributed by atoms with van der Waals surface area (Å²) in [4.78, 5) is 26.1. The zero-order valence-corrected chi connectivity index (χ0v) is 15.0. The molecule has 0 unspecified atom stereocenters. The molecule has 1 saturated heterocycles. The molecule has 6 nitrogen and oxygen atoms in total. The van der Waals surface area contributed by atoms with Gasteiger partial charge in [0, 0.05) is 37.7 Å². The van der Waals surface area contributed by atoms with Gasteiger partial charge in [0.2, 0.25) is 5.91 Å². The number of nitrogens with one attached hydrogen (secondary N) is 2. The Morgan fingerprint density at radius 2 is 1.89 bits per heavy atom. The van der Waals surface area contributed by atoms with Crippen LogP contribution in [0.1, 0.15) is 17.5 Å². The quantitative estimate of drug-likeness (QED) is 0.829. The Kier molecular flexibility index (Phi) is 6.06. The molecule has 1 atom stereocenters. The maximum Gasteiger partial charge on any atom is 0.319 e. The maximum absolute atomic E-state index is 12.2. The second kappa shape index (κ2) is 8.86. The van der Waals surface area contributed by atoms with Gasteiger partial charge in [0.15, 0.2) is 0 Å². The van der Waals surface area contributed by atoms with Crippen LogP contribution in [0.25, 0.3) is 0 Å². The molecular weight excluding hydrogens is 340 g/mol. The number of likely N-dealkylation sites (tertiary alicyclic amines) is 1. The molecule has 0 saturated carbocycles. The molecule has 2 N–H and O–H groups in total. The minimum Gasteiger partial charge on any atom is -0.342 e. The molecule has 1 aliphatic rings. The molecule has 3 rings (SSSR count). The Morgan fingerprint density at radius 3 is 2.59 bits per heavy atom. The number of carbonyl (C=O) groups excluding carboxylic acids is 2. The Balaban J connectivity index is 1.41. The first-order chi connectivity index (χ1) is 13.1. The standard InChI is InChI=1S/C21H22N4O2/c22-13-17-6-8-19(9-7-17)24-21(27)23-14-18-12-20(26)25(15-18)11-10-16-4-2-1-3-5-16/h1-9,18H,10-12,14-15H2,(H2,23,24,27)/t18-/m1/s1. The van der Waals surface area contributed by atoms with E-state index in [9.17, 15) is 9.59 Å². The van der Waals surface area contributed by atoms with E-state index in [1.807, 2.05) is 29.2 Å². The van der Waals surface area contributed by atoms with Crippen molar-refractivity contribution in [1.29, 1.82) is 5.26 Å². The Hall–Kier alpha value is -3.33. The zero-order chi connectivity index (χ0) is 19.1. The lowest BCUT2D eigenvalue weighted by molar-refractivity contribution is -0.127. The van der Waals surface area contributed by atoms with Crippen molar-refractivity contribution in [2.75, 3.05) is 25.0 Å². The number of benzene rings is 2. The molecule has 0 bridgehead atoms. The largest absolute Gasteiger partial charge is 0.342 e. The summed E-state index contributed by atoms with van der Waals surface area (Å²) in [5, 5.41) is 14.3. The van der Waals surface area contributed by atoms with E-state index in [1.165, 1.54) is 5.56 Å². The van der Waals surface area contributed by atoms with Crippen molar-refractivity contribution in [3.05, 3.63) is 65.7 Å². The van der Waals surface area contributed by atoms with Crippen LogP contribution in [0, 0.1) is 17.2 Å². The van der Waals surface area contributed by atoms with Crippen LogP contribution in [0.4, 0.5) is 10.5 Å². The third-order valence-corrected chi connectivity index (χ3v) is 4.63. The lowest BCUT2D eigenvalue weighted by Crippen LogP contribution is -2.34. The molecule has 0 spiro atoms. The highest BCUT2D eigenvalue weighted by molar-refractivity contribution is 5.89. The van der Waals surface area contributed by atoms with Crippen LogP contribution in [-0.2, 0) is 11.2 Å². The fraction of sp³-hybridized carbons (Fsp3) is 0.286. The first kappa shape index (κ1) is 18.5. The van der Waals surface area contributed by atoms with Crippen LogP contribution in [0.3, 0.4) is 0 Å². The van der Waals surface area contributed by atoms with Gasteiger partial charge in [-0.15, -0.1) is 0 Å². The predicted octanol–water partition coefficient (Wildman–Crippen LogP) is 2.77. The monoisotopic (exact) mass is 362 g/mol. The highest BCUT2D eigenvalue weighted by Crippen LogP contribution is 2.18. The molecular formula is C21H22N4O2. The van der Waals surface area contributed by atoms with Gasteiger partial charge in [-0.2, -0.15) is 5.26 Å². The molecule has 27 heavy (non-hydrogen) atoms. The summed E-state index contributed by atoms with van der Waals surface area (Å²) in [5.74, 6) is 0.269. The van der Waals surface area contributed by atoms with Crippen molar-refractivity contribution in [3.8, 4) is 6.07 Å². The summed E-state index contributed by atoms with van der Waals surface area (Å²) in [5.41, 5.74) is 2.38. The second-order valence-corrected chi connectivity index (χ2v) is 6.67. The first-order valence-electron chi connectivity index (χ1n) is 9.01. The Morgan fingerprint density at radius 1 is 1.15 bits per heavy atom. The van der Waals surface area contributed by atoms with Gasteiger partial charge in [0.1, 0.15) is 0 Å². The molecule has 0 radical (unpaired) electrons. The summed E-state index contributed by atoms with van der Waals surface area (Å²) in [6.07, 6.45) is 1.30. The lowest BCUT2D eigenvalue weighted by Gasteiger charge is -2.17. The molecule has 2 aromatic carbocycles. The molecule has 0 aliphatic carbocycles. The third kappa shape index (κ3) is 5.32. The Labute approximate surface area is 158 Å². The van der Waals surface area contributed by atoms with Gasteiger partial charge in [-0.1, -0.05) is 30.3 Å². The van der Waals surface area contributed by atoms with Crippen molar-refractivity contribution >= 4 is 17.6 Å². The van der Waals surface area contributed by atoms with Crippen LogP contribution in [-0.4, -0.2) is 36.5 Å². The molecule has 138 valence electrons. The van der Waals surface area contributed by atoms with Gasteiger partial charge < -0.3 is 15.5 Å². The van der Waals surface area contributed by atoms with E-state index < -0.39 is 0 Å². The third-order valence-electron chi connectivity index (χ3n) is 4.63. The number of rotatable bonds is 6. The van der Waals surface area contributed by atoms with E-state index in [-0.39, 0.29) is 17.9 Å². The van der Waals surface area contributed by atoms with Crippen molar-refractivity contribution in [1.82, 2.24) is 10.2 Å². The van der Waals surface area contributed by atoms with Crippen LogP contribution in [0.2, 0.25) is 0 Å². The average Bonchev–Trinajstić information content (AvgIpc) is 3.06. The number of amides is 3. The van der Waals surface area contributed by atoms with Crippen molar-refractivity contribution in [2.45, 2.75) is 12.8 Å². The van der Waals surface area contributed by atoms with E-state index in [2.05, 4.69) is 22.8 Å². The molecule has 1 fully saturated rings. The minimum atomic E-state index is -0.310. The highest BCUT2D eigenvalue weighted by atomic mass is 16.2. The maximum atomic E-state index is 12.2. The van der Waals surface area contributed by atoms with Gasteiger partial charge in [0.25, 0.3) is 0 Å². The normalized spacial score (nSPS) is 16.0. The van der Waals surface area contributed by atoms with Gasteiger partial charge in [0.05, 0.1) is 11.6 Å². The fourth-order valence-corrected chi connectivity index (χ4v) is 3.16. The molecule has 2 aromatic rings. The van der Waals surface area contributed by atoms with Gasteiger partial charge in [-0.3, -0.25) is 4.79 Å². The molecule has 1 aliphatic heterocycles. The van der Waals surface area contributed by atoms with Gasteiger partial charge in [-0.25, -0.2) is 4.79 Å². The van der Waals surface area contributed by atoms with Crippen LogP contribution < -0.4 is 10.6 Å². The van der Waals surface area contributed by atoms with Crippen molar-refractivity contribution in [2.24, 2.45) is 5.92 Å². The molecule has 1 heterocycles. The molecule has 0 aromatic heterocycles. The van der Waals surface area contributed by atoms with Gasteiger partial charge >= 0.3 is 6.03 Å². The second-order valence-electron chi connectivity index (χ2n) is 6.67. The number of nitrogens with zero attached hydrogens (tertiary/aromatic N) is 2. The fourth-order valence-electron chi connectivity index (χ4n) is 3.16. The van der Waals surface area contributed by atoms with Crippen LogP contribution >= 0.6 is 0 Å². The number of hydrogen-bond donors (Lipinski definition) is 2. The lowest BCUT2D eigenvalue weighted by atomic mass is 10.1. The summed E-state index contributed by atoms with van der Waals surface area (Å²) in [6.45, 7) is 1.83. The van der Waals surface area contributed by atoms with Gasteiger partial charge in [-0.05, 0) is 36.2 Å². The average molecular weight is 362 g/mol. The van der Waals surface area contributed by atoms with E-state index in [0.717, 1.165) is 6.42 Å². The summed E-state index contributed by atoms with van der Waals surface area (Å²) < 4.78 is 0.